The van der Waals surface area contributed by atoms with Crippen molar-refractivity contribution in [3.8, 4) is 0 Å². The van der Waals surface area contributed by atoms with Gasteiger partial charge >= 0.3 is 5.97 Å². The van der Waals surface area contributed by atoms with Gasteiger partial charge in [-0.1, -0.05) is 49.4 Å². The van der Waals surface area contributed by atoms with E-state index < -0.39 is 5.97 Å². The van der Waals surface area contributed by atoms with Gasteiger partial charge in [-0.2, -0.15) is 0 Å². The van der Waals surface area contributed by atoms with E-state index in [9.17, 15) is 4.79 Å². The summed E-state index contributed by atoms with van der Waals surface area (Å²) in [6.45, 7) is 2.08. The molecule has 0 aromatic heterocycles. The van der Waals surface area contributed by atoms with Crippen LogP contribution >= 0.6 is 0 Å². The van der Waals surface area contributed by atoms with E-state index in [4.69, 9.17) is 5.11 Å². The second-order valence-electron chi connectivity index (χ2n) is 4.44. The van der Waals surface area contributed by atoms with Crippen molar-refractivity contribution < 1.29 is 9.90 Å². The molecule has 0 bridgehead atoms. The first-order chi connectivity index (χ1) is 8.16. The molecule has 2 aromatic carbocycles. The number of benzene rings is 2. The predicted octanol–water partition coefficient (Wildman–Crippen LogP) is 3.81. The van der Waals surface area contributed by atoms with Crippen molar-refractivity contribution in [2.75, 3.05) is 0 Å². The maximum atomic E-state index is 10.5. The van der Waals surface area contributed by atoms with Crippen LogP contribution in [-0.2, 0) is 4.79 Å². The van der Waals surface area contributed by atoms with Gasteiger partial charge in [0.15, 0.2) is 0 Å². The average Bonchev–Trinajstić information content (AvgIpc) is 2.35. The minimum absolute atomic E-state index is 0.230. The molecule has 88 valence electrons. The zero-order valence-corrected chi connectivity index (χ0v) is 9.89. The Morgan fingerprint density at radius 3 is 2.59 bits per heavy atom. The van der Waals surface area contributed by atoms with Crippen molar-refractivity contribution in [2.45, 2.75) is 25.7 Å². The monoisotopic (exact) mass is 228 g/mol. The Labute approximate surface area is 101 Å². The lowest BCUT2D eigenvalue weighted by molar-refractivity contribution is -0.137. The topological polar surface area (TPSA) is 37.3 Å². The summed E-state index contributed by atoms with van der Waals surface area (Å²) in [6, 6.07) is 14.6. The molecule has 1 N–H and O–H groups in total. The Kier molecular flexibility index (Phi) is 3.43. The molecule has 0 amide bonds. The molecule has 0 aliphatic rings. The Morgan fingerprint density at radius 2 is 1.88 bits per heavy atom. The number of hydrogen-bond acceptors (Lipinski definition) is 1. The number of fused-ring (bicyclic) bond motifs is 1. The van der Waals surface area contributed by atoms with Crippen LogP contribution in [0.3, 0.4) is 0 Å². The summed E-state index contributed by atoms with van der Waals surface area (Å²) >= 11 is 0. The first-order valence-electron chi connectivity index (χ1n) is 5.87. The molecule has 2 heteroatoms. The third-order valence-corrected chi connectivity index (χ3v) is 3.13. The Bertz CT molecular complexity index is 531. The van der Waals surface area contributed by atoms with E-state index >= 15 is 0 Å². The number of carboxylic acids is 1. The molecule has 1 atom stereocenters. The van der Waals surface area contributed by atoms with E-state index in [1.807, 2.05) is 12.1 Å². The third-order valence-electron chi connectivity index (χ3n) is 3.13. The van der Waals surface area contributed by atoms with E-state index in [-0.39, 0.29) is 12.3 Å². The summed E-state index contributed by atoms with van der Waals surface area (Å²) in [6.07, 6.45) is 0.918. The SMILES string of the molecule is CC(CCC(=O)O)c1ccc2ccccc2c1. The van der Waals surface area contributed by atoms with Gasteiger partial charge in [0.25, 0.3) is 0 Å². The van der Waals surface area contributed by atoms with Gasteiger partial charge in [-0.15, -0.1) is 0 Å². The van der Waals surface area contributed by atoms with Gasteiger partial charge in [-0.3, -0.25) is 4.79 Å². The van der Waals surface area contributed by atoms with Crippen LogP contribution in [0.25, 0.3) is 10.8 Å². The van der Waals surface area contributed by atoms with Crippen LogP contribution in [0, 0.1) is 0 Å². The fourth-order valence-corrected chi connectivity index (χ4v) is 2.02. The molecule has 0 aliphatic carbocycles. The first kappa shape index (κ1) is 11.6. The van der Waals surface area contributed by atoms with Crippen LogP contribution in [-0.4, -0.2) is 11.1 Å². The van der Waals surface area contributed by atoms with Gasteiger partial charge in [-0.25, -0.2) is 0 Å². The van der Waals surface area contributed by atoms with Crippen molar-refractivity contribution in [1.29, 1.82) is 0 Å². The summed E-state index contributed by atoms with van der Waals surface area (Å²) in [5.74, 6) is -0.437. The van der Waals surface area contributed by atoms with E-state index in [0.29, 0.717) is 6.42 Å². The normalized spacial score (nSPS) is 12.5. The molecule has 0 spiro atoms. The molecule has 1 unspecified atom stereocenters. The average molecular weight is 228 g/mol. The van der Waals surface area contributed by atoms with Gasteiger partial charge in [0, 0.05) is 6.42 Å². The van der Waals surface area contributed by atoms with Gasteiger partial charge < -0.3 is 5.11 Å². The van der Waals surface area contributed by atoms with Crippen molar-refractivity contribution in [1.82, 2.24) is 0 Å². The van der Waals surface area contributed by atoms with Crippen molar-refractivity contribution >= 4 is 16.7 Å². The van der Waals surface area contributed by atoms with Gasteiger partial charge in [0.1, 0.15) is 0 Å². The van der Waals surface area contributed by atoms with Crippen LogP contribution in [0.5, 0.6) is 0 Å². The van der Waals surface area contributed by atoms with Gasteiger partial charge in [0.2, 0.25) is 0 Å². The maximum absolute atomic E-state index is 10.5. The smallest absolute Gasteiger partial charge is 0.303 e. The highest BCUT2D eigenvalue weighted by Gasteiger charge is 2.08. The lowest BCUT2D eigenvalue weighted by Crippen LogP contribution is -2.00. The van der Waals surface area contributed by atoms with E-state index in [1.165, 1.54) is 16.3 Å². The molecule has 17 heavy (non-hydrogen) atoms. The maximum Gasteiger partial charge on any atom is 0.303 e. The van der Waals surface area contributed by atoms with Crippen molar-refractivity contribution in [2.24, 2.45) is 0 Å². The molecule has 2 aromatic rings. The molecular weight excluding hydrogens is 212 g/mol. The molecule has 0 aliphatic heterocycles. The highest BCUT2D eigenvalue weighted by Crippen LogP contribution is 2.24. The zero-order valence-electron chi connectivity index (χ0n) is 9.89. The number of carbonyl (C=O) groups is 1. The molecule has 0 saturated heterocycles. The Balaban J connectivity index is 2.20. The fourth-order valence-electron chi connectivity index (χ4n) is 2.02. The molecule has 0 saturated carbocycles. The van der Waals surface area contributed by atoms with Crippen molar-refractivity contribution in [3.05, 3.63) is 48.0 Å². The number of rotatable bonds is 4. The highest BCUT2D eigenvalue weighted by molar-refractivity contribution is 5.83. The summed E-state index contributed by atoms with van der Waals surface area (Å²) in [5.41, 5.74) is 1.21. The molecule has 0 radical (unpaired) electrons. The Morgan fingerprint density at radius 1 is 1.18 bits per heavy atom. The van der Waals surface area contributed by atoms with Crippen LogP contribution in [0.1, 0.15) is 31.2 Å². The lowest BCUT2D eigenvalue weighted by atomic mass is 9.94. The summed E-state index contributed by atoms with van der Waals surface area (Å²) < 4.78 is 0. The lowest BCUT2D eigenvalue weighted by Gasteiger charge is -2.11. The fraction of sp³-hybridized carbons (Fsp3) is 0.267. The Hall–Kier alpha value is -1.83. The van der Waals surface area contributed by atoms with E-state index in [2.05, 4.69) is 37.3 Å². The molecule has 2 rings (SSSR count). The minimum Gasteiger partial charge on any atom is -0.481 e. The largest absolute Gasteiger partial charge is 0.481 e. The second kappa shape index (κ2) is 5.00. The van der Waals surface area contributed by atoms with Gasteiger partial charge in [-0.05, 0) is 28.7 Å². The molecule has 0 heterocycles. The van der Waals surface area contributed by atoms with Crippen molar-refractivity contribution in [3.63, 3.8) is 0 Å². The number of carboxylic acid groups (broad SMARTS) is 1. The quantitative estimate of drug-likeness (QED) is 0.864. The third kappa shape index (κ3) is 2.84. The first-order valence-corrected chi connectivity index (χ1v) is 5.87. The molecule has 2 nitrogen and oxygen atoms in total. The predicted molar refractivity (Wildman–Crippen MR) is 69.2 cm³/mol. The number of aliphatic carboxylic acids is 1. The zero-order chi connectivity index (χ0) is 12.3. The summed E-state index contributed by atoms with van der Waals surface area (Å²) in [5, 5.41) is 11.1. The van der Waals surface area contributed by atoms with E-state index in [0.717, 1.165) is 0 Å². The van der Waals surface area contributed by atoms with Gasteiger partial charge in [0.05, 0.1) is 0 Å². The highest BCUT2D eigenvalue weighted by atomic mass is 16.4. The van der Waals surface area contributed by atoms with E-state index in [1.54, 1.807) is 0 Å². The molecule has 0 fully saturated rings. The standard InChI is InChI=1S/C15H16O2/c1-11(6-9-15(16)17)13-8-7-12-4-2-3-5-14(12)10-13/h2-5,7-8,10-11H,6,9H2,1H3,(H,16,17). The van der Waals surface area contributed by atoms with Crippen LogP contribution in [0.15, 0.2) is 42.5 Å². The summed E-state index contributed by atoms with van der Waals surface area (Å²) in [4.78, 5) is 10.5. The molecular formula is C15H16O2. The second-order valence-corrected chi connectivity index (χ2v) is 4.44. The minimum atomic E-state index is -0.724. The van der Waals surface area contributed by atoms with Crippen LogP contribution in [0.2, 0.25) is 0 Å². The summed E-state index contributed by atoms with van der Waals surface area (Å²) in [7, 11) is 0. The number of hydrogen-bond donors (Lipinski definition) is 1. The van der Waals surface area contributed by atoms with Crippen LogP contribution < -0.4 is 0 Å². The van der Waals surface area contributed by atoms with Crippen LogP contribution in [0.4, 0.5) is 0 Å².